The van der Waals surface area contributed by atoms with E-state index in [1.54, 1.807) is 36.4 Å². The normalized spacial score (nSPS) is 11.7. The fraction of sp³-hybridized carbons (Fsp3) is 0.115. The Kier molecular flexibility index (Phi) is 6.42. The molecule has 0 saturated heterocycles. The number of fused-ring (bicyclic) bond motifs is 1. The number of halogens is 1. The number of anilines is 1. The van der Waals surface area contributed by atoms with Crippen LogP contribution in [0, 0.1) is 0 Å². The van der Waals surface area contributed by atoms with Gasteiger partial charge in [-0.05, 0) is 52.0 Å². The van der Waals surface area contributed by atoms with E-state index in [-0.39, 0.29) is 11.3 Å². The standard InChI is InChI=1S/C26H21BrN2O4/c1-16(24(30)28-21-15-9-8-14-20(21)27)33-26(32)23-22(17-10-4-3-5-11-17)18-12-6-7-13-19(18)25(31)29(23)2/h3-16H,1-2H3,(H,28,30). The van der Waals surface area contributed by atoms with E-state index in [1.165, 1.54) is 18.5 Å². The molecule has 1 unspecified atom stereocenters. The number of pyridine rings is 1. The maximum atomic E-state index is 13.3. The second-order valence-corrected chi connectivity index (χ2v) is 8.37. The molecule has 0 radical (unpaired) electrons. The molecule has 3 aromatic carbocycles. The number of aromatic nitrogens is 1. The summed E-state index contributed by atoms with van der Waals surface area (Å²) in [7, 11) is 1.53. The van der Waals surface area contributed by atoms with E-state index >= 15 is 0 Å². The molecule has 0 aliphatic heterocycles. The van der Waals surface area contributed by atoms with Crippen molar-refractivity contribution in [3.05, 3.63) is 99.4 Å². The van der Waals surface area contributed by atoms with Gasteiger partial charge >= 0.3 is 5.97 Å². The molecule has 0 fully saturated rings. The lowest BCUT2D eigenvalue weighted by atomic mass is 9.97. The minimum atomic E-state index is -1.09. The largest absolute Gasteiger partial charge is 0.448 e. The van der Waals surface area contributed by atoms with Crippen molar-refractivity contribution in [3.63, 3.8) is 0 Å². The zero-order chi connectivity index (χ0) is 23.5. The molecular formula is C26H21BrN2O4. The van der Waals surface area contributed by atoms with Crippen LogP contribution in [0.25, 0.3) is 21.9 Å². The Hall–Kier alpha value is -3.71. The van der Waals surface area contributed by atoms with Gasteiger partial charge in [-0.15, -0.1) is 0 Å². The number of carbonyl (C=O) groups excluding carboxylic acids is 2. The summed E-state index contributed by atoms with van der Waals surface area (Å²) in [6.45, 7) is 1.49. The fourth-order valence-electron chi connectivity index (χ4n) is 3.67. The van der Waals surface area contributed by atoms with Gasteiger partial charge in [0.05, 0.1) is 5.69 Å². The van der Waals surface area contributed by atoms with E-state index in [9.17, 15) is 14.4 Å². The molecule has 1 atom stereocenters. The number of esters is 1. The summed E-state index contributed by atoms with van der Waals surface area (Å²) >= 11 is 3.38. The minimum Gasteiger partial charge on any atom is -0.448 e. The van der Waals surface area contributed by atoms with Gasteiger partial charge in [0.15, 0.2) is 6.10 Å². The van der Waals surface area contributed by atoms with Crippen molar-refractivity contribution in [1.29, 1.82) is 0 Å². The van der Waals surface area contributed by atoms with Crippen molar-refractivity contribution in [2.75, 3.05) is 5.32 Å². The van der Waals surface area contributed by atoms with Gasteiger partial charge in [-0.1, -0.05) is 60.7 Å². The Labute approximate surface area is 198 Å². The summed E-state index contributed by atoms with van der Waals surface area (Å²) in [5.41, 5.74) is 1.68. The number of para-hydroxylation sites is 1. The maximum absolute atomic E-state index is 13.3. The van der Waals surface area contributed by atoms with Crippen LogP contribution in [0.2, 0.25) is 0 Å². The summed E-state index contributed by atoms with van der Waals surface area (Å²) < 4.78 is 7.52. The van der Waals surface area contributed by atoms with Gasteiger partial charge in [-0.2, -0.15) is 0 Å². The first-order valence-corrected chi connectivity index (χ1v) is 11.1. The molecule has 1 N–H and O–H groups in total. The van der Waals surface area contributed by atoms with Crippen LogP contribution >= 0.6 is 15.9 Å². The molecule has 1 aromatic heterocycles. The molecule has 0 aliphatic rings. The zero-order valence-corrected chi connectivity index (χ0v) is 19.6. The van der Waals surface area contributed by atoms with Crippen molar-refractivity contribution in [2.45, 2.75) is 13.0 Å². The lowest BCUT2D eigenvalue weighted by molar-refractivity contribution is -0.123. The van der Waals surface area contributed by atoms with Crippen LogP contribution in [-0.4, -0.2) is 22.5 Å². The van der Waals surface area contributed by atoms with Crippen LogP contribution in [-0.2, 0) is 16.6 Å². The van der Waals surface area contributed by atoms with E-state index < -0.39 is 18.0 Å². The topological polar surface area (TPSA) is 77.4 Å². The monoisotopic (exact) mass is 504 g/mol. The number of rotatable bonds is 5. The SMILES string of the molecule is CC(OC(=O)c1c(-c2ccccc2)c2ccccc2c(=O)n1C)C(=O)Nc1ccccc1Br. The number of hydrogen-bond donors (Lipinski definition) is 1. The van der Waals surface area contributed by atoms with Crippen molar-refractivity contribution in [2.24, 2.45) is 7.05 Å². The van der Waals surface area contributed by atoms with Crippen LogP contribution in [0.3, 0.4) is 0 Å². The highest BCUT2D eigenvalue weighted by Crippen LogP contribution is 2.31. The highest BCUT2D eigenvalue weighted by Gasteiger charge is 2.26. The quantitative estimate of drug-likeness (QED) is 0.381. The molecule has 33 heavy (non-hydrogen) atoms. The van der Waals surface area contributed by atoms with E-state index in [1.807, 2.05) is 42.5 Å². The van der Waals surface area contributed by atoms with Gasteiger partial charge < -0.3 is 14.6 Å². The Morgan fingerprint density at radius 2 is 1.52 bits per heavy atom. The van der Waals surface area contributed by atoms with Crippen LogP contribution < -0.4 is 10.9 Å². The molecule has 4 rings (SSSR count). The molecule has 7 heteroatoms. The molecule has 6 nitrogen and oxygen atoms in total. The summed E-state index contributed by atoms with van der Waals surface area (Å²) in [6, 6.07) is 23.6. The van der Waals surface area contributed by atoms with E-state index in [0.717, 1.165) is 5.56 Å². The van der Waals surface area contributed by atoms with E-state index in [2.05, 4.69) is 21.2 Å². The van der Waals surface area contributed by atoms with Gasteiger partial charge in [0.25, 0.3) is 11.5 Å². The second-order valence-electron chi connectivity index (χ2n) is 7.52. The van der Waals surface area contributed by atoms with Crippen LogP contribution in [0.4, 0.5) is 5.69 Å². The second kappa shape index (κ2) is 9.42. The van der Waals surface area contributed by atoms with Crippen molar-refractivity contribution < 1.29 is 14.3 Å². The smallest absolute Gasteiger partial charge is 0.356 e. The summed E-state index contributed by atoms with van der Waals surface area (Å²) in [6.07, 6.45) is -1.09. The fourth-order valence-corrected chi connectivity index (χ4v) is 4.05. The molecule has 4 aromatic rings. The number of ether oxygens (including phenoxy) is 1. The van der Waals surface area contributed by atoms with E-state index in [0.29, 0.717) is 26.5 Å². The van der Waals surface area contributed by atoms with Gasteiger partial charge in [0.2, 0.25) is 0 Å². The average molecular weight is 505 g/mol. The van der Waals surface area contributed by atoms with Gasteiger partial charge in [-0.3, -0.25) is 9.59 Å². The third kappa shape index (κ3) is 4.45. The Balaban J connectivity index is 1.74. The number of amides is 1. The number of carbonyl (C=O) groups is 2. The molecule has 0 spiro atoms. The summed E-state index contributed by atoms with van der Waals surface area (Å²) in [5.74, 6) is -1.24. The minimum absolute atomic E-state index is 0.0884. The predicted octanol–water partition coefficient (Wildman–Crippen LogP) is 5.15. The maximum Gasteiger partial charge on any atom is 0.356 e. The van der Waals surface area contributed by atoms with Crippen LogP contribution in [0.5, 0.6) is 0 Å². The van der Waals surface area contributed by atoms with E-state index in [4.69, 9.17) is 4.74 Å². The predicted molar refractivity (Wildman–Crippen MR) is 132 cm³/mol. The lowest BCUT2D eigenvalue weighted by Crippen LogP contribution is -2.33. The molecular weight excluding hydrogens is 484 g/mol. The first-order chi connectivity index (χ1) is 15.9. The van der Waals surface area contributed by atoms with Gasteiger partial charge in [-0.25, -0.2) is 4.79 Å². The third-order valence-corrected chi connectivity index (χ3v) is 6.04. The number of nitrogens with zero attached hydrogens (tertiary/aromatic N) is 1. The molecule has 166 valence electrons. The van der Waals surface area contributed by atoms with Crippen LogP contribution in [0.1, 0.15) is 17.4 Å². The molecule has 0 saturated carbocycles. The Bertz CT molecular complexity index is 1410. The zero-order valence-electron chi connectivity index (χ0n) is 18.0. The summed E-state index contributed by atoms with van der Waals surface area (Å²) in [5, 5.41) is 3.88. The molecule has 0 aliphatic carbocycles. The summed E-state index contributed by atoms with van der Waals surface area (Å²) in [4.78, 5) is 39.0. The number of benzene rings is 3. The number of nitrogens with one attached hydrogen (secondary N) is 1. The highest BCUT2D eigenvalue weighted by atomic mass is 79.9. The first kappa shape index (κ1) is 22.5. The molecule has 1 amide bonds. The molecule has 1 heterocycles. The average Bonchev–Trinajstić information content (AvgIpc) is 2.83. The highest BCUT2D eigenvalue weighted by molar-refractivity contribution is 9.10. The van der Waals surface area contributed by atoms with Crippen LogP contribution in [0.15, 0.2) is 88.1 Å². The third-order valence-electron chi connectivity index (χ3n) is 5.34. The number of hydrogen-bond acceptors (Lipinski definition) is 4. The Morgan fingerprint density at radius 3 is 2.21 bits per heavy atom. The van der Waals surface area contributed by atoms with Crippen molar-refractivity contribution in [3.8, 4) is 11.1 Å². The van der Waals surface area contributed by atoms with Gasteiger partial charge in [0, 0.05) is 22.5 Å². The van der Waals surface area contributed by atoms with Crippen molar-refractivity contribution >= 4 is 44.3 Å². The first-order valence-electron chi connectivity index (χ1n) is 10.3. The Morgan fingerprint density at radius 1 is 0.909 bits per heavy atom. The molecule has 0 bridgehead atoms. The lowest BCUT2D eigenvalue weighted by Gasteiger charge is -2.19. The van der Waals surface area contributed by atoms with Gasteiger partial charge in [0.1, 0.15) is 5.69 Å². The van der Waals surface area contributed by atoms with Crippen molar-refractivity contribution in [1.82, 2.24) is 4.57 Å².